The molecule has 7 heteroatoms. The van der Waals surface area contributed by atoms with Crippen LogP contribution in [0.4, 0.5) is 0 Å². The van der Waals surface area contributed by atoms with E-state index in [0.29, 0.717) is 6.61 Å². The minimum Gasteiger partial charge on any atom is -0.465 e. The van der Waals surface area contributed by atoms with E-state index in [1.807, 2.05) is 0 Å². The molecule has 0 bridgehead atoms. The lowest BCUT2D eigenvalue weighted by Gasteiger charge is -2.04. The number of Topliss-reactive ketones (excluding diaryl/α,β-unsaturated/α-hetero) is 1. The number of carbonyl (C=O) groups is 2. The van der Waals surface area contributed by atoms with Gasteiger partial charge in [0.1, 0.15) is 11.7 Å². The SMILES string of the molecule is CCOC(=O)C(C)C(C)=O.O=S(O)O. The highest BCUT2D eigenvalue weighted by Crippen LogP contribution is 1.98. The molecule has 0 amide bonds. The lowest BCUT2D eigenvalue weighted by molar-refractivity contribution is -0.150. The van der Waals surface area contributed by atoms with Crippen LogP contribution < -0.4 is 0 Å². The van der Waals surface area contributed by atoms with Crippen LogP contribution in [0.15, 0.2) is 0 Å². The zero-order valence-electron chi connectivity index (χ0n) is 8.22. The van der Waals surface area contributed by atoms with Crippen molar-refractivity contribution in [3.8, 4) is 0 Å². The summed E-state index contributed by atoms with van der Waals surface area (Å²) in [6.07, 6.45) is 0. The predicted octanol–water partition coefficient (Wildman–Crippen LogP) is 0.456. The molecule has 0 aromatic heterocycles. The molecule has 0 heterocycles. The number of carbonyl (C=O) groups excluding carboxylic acids is 2. The Kier molecular flexibility index (Phi) is 9.84. The highest BCUT2D eigenvalue weighted by molar-refractivity contribution is 7.73. The Morgan fingerprint density at radius 1 is 1.43 bits per heavy atom. The summed E-state index contributed by atoms with van der Waals surface area (Å²) in [5.41, 5.74) is 0. The van der Waals surface area contributed by atoms with Crippen LogP contribution in [0.3, 0.4) is 0 Å². The normalized spacial score (nSPS) is 11.3. The molecule has 0 aliphatic carbocycles. The molecule has 0 saturated carbocycles. The molecule has 0 radical (unpaired) electrons. The number of ether oxygens (including phenoxy) is 1. The number of esters is 1. The Balaban J connectivity index is 0. The van der Waals surface area contributed by atoms with E-state index in [9.17, 15) is 9.59 Å². The first-order chi connectivity index (χ1) is 6.32. The molecule has 0 saturated heterocycles. The van der Waals surface area contributed by atoms with E-state index in [-0.39, 0.29) is 5.78 Å². The number of hydrogen-bond acceptors (Lipinski definition) is 4. The molecular formula is C7H14O6S. The largest absolute Gasteiger partial charge is 0.465 e. The monoisotopic (exact) mass is 226 g/mol. The Hall–Kier alpha value is -0.790. The maximum Gasteiger partial charge on any atom is 0.316 e. The minimum absolute atomic E-state index is 0.154. The summed E-state index contributed by atoms with van der Waals surface area (Å²) in [5, 5.41) is 0. The Morgan fingerprint density at radius 2 is 1.79 bits per heavy atom. The van der Waals surface area contributed by atoms with Crippen LogP contribution >= 0.6 is 0 Å². The fraction of sp³-hybridized carbons (Fsp3) is 0.714. The van der Waals surface area contributed by atoms with Crippen molar-refractivity contribution in [3.05, 3.63) is 0 Å². The van der Waals surface area contributed by atoms with Crippen molar-refractivity contribution in [1.29, 1.82) is 0 Å². The van der Waals surface area contributed by atoms with E-state index in [1.165, 1.54) is 6.92 Å². The van der Waals surface area contributed by atoms with Gasteiger partial charge in [0.2, 0.25) is 0 Å². The van der Waals surface area contributed by atoms with Crippen molar-refractivity contribution in [3.63, 3.8) is 0 Å². The number of rotatable bonds is 3. The zero-order chi connectivity index (χ0) is 11.7. The molecule has 1 atom stereocenters. The summed E-state index contributed by atoms with van der Waals surface area (Å²) in [7, 11) is 0. The lowest BCUT2D eigenvalue weighted by atomic mass is 10.1. The number of hydrogen-bond donors (Lipinski definition) is 2. The first-order valence-electron chi connectivity index (χ1n) is 3.79. The van der Waals surface area contributed by atoms with Crippen LogP contribution in [0.1, 0.15) is 20.8 Å². The fourth-order valence-electron chi connectivity index (χ4n) is 0.433. The van der Waals surface area contributed by atoms with Crippen LogP contribution in [0, 0.1) is 5.92 Å². The second kappa shape index (κ2) is 8.79. The first kappa shape index (κ1) is 15.7. The van der Waals surface area contributed by atoms with Gasteiger partial charge in [0.25, 0.3) is 11.4 Å². The van der Waals surface area contributed by atoms with Gasteiger partial charge in [0.15, 0.2) is 0 Å². The van der Waals surface area contributed by atoms with Crippen LogP contribution in [0.5, 0.6) is 0 Å². The van der Waals surface area contributed by atoms with Gasteiger partial charge in [-0.25, -0.2) is 0 Å². The first-order valence-corrected chi connectivity index (χ1v) is 4.86. The molecule has 1 unspecified atom stereocenters. The second-order valence-electron chi connectivity index (χ2n) is 2.32. The summed E-state index contributed by atoms with van der Waals surface area (Å²) >= 11 is -2.61. The van der Waals surface area contributed by atoms with Gasteiger partial charge in [0, 0.05) is 0 Å². The van der Waals surface area contributed by atoms with E-state index < -0.39 is 23.2 Å². The third-order valence-electron chi connectivity index (χ3n) is 1.25. The second-order valence-corrected chi connectivity index (χ2v) is 2.78. The van der Waals surface area contributed by atoms with Gasteiger partial charge in [0.05, 0.1) is 6.61 Å². The molecular weight excluding hydrogens is 212 g/mol. The molecule has 84 valence electrons. The topological polar surface area (TPSA) is 101 Å². The van der Waals surface area contributed by atoms with Crippen LogP contribution in [0.25, 0.3) is 0 Å². The summed E-state index contributed by atoms with van der Waals surface area (Å²) in [6.45, 7) is 4.96. The molecule has 0 spiro atoms. The fourth-order valence-corrected chi connectivity index (χ4v) is 0.433. The average molecular weight is 226 g/mol. The maximum absolute atomic E-state index is 10.7. The van der Waals surface area contributed by atoms with Crippen molar-refractivity contribution in [2.75, 3.05) is 6.61 Å². The zero-order valence-corrected chi connectivity index (χ0v) is 9.04. The predicted molar refractivity (Wildman–Crippen MR) is 49.9 cm³/mol. The summed E-state index contributed by atoms with van der Waals surface area (Å²) in [5.74, 6) is -1.20. The Bertz CT molecular complexity index is 210. The number of ketones is 1. The van der Waals surface area contributed by atoms with E-state index in [0.717, 1.165) is 0 Å². The maximum atomic E-state index is 10.7. The standard InChI is InChI=1S/C7H12O3.H2O3S/c1-4-10-7(9)5(2)6(3)8;1-4(2)3/h5H,4H2,1-3H3;(H2,1,2,3). The molecule has 0 aromatic carbocycles. The molecule has 0 aliphatic heterocycles. The van der Waals surface area contributed by atoms with Crippen LogP contribution in [-0.2, 0) is 25.7 Å². The summed E-state index contributed by atoms with van der Waals surface area (Å²) in [6, 6.07) is 0. The molecule has 14 heavy (non-hydrogen) atoms. The van der Waals surface area contributed by atoms with Gasteiger partial charge in [-0.15, -0.1) is 0 Å². The van der Waals surface area contributed by atoms with E-state index >= 15 is 0 Å². The summed E-state index contributed by atoms with van der Waals surface area (Å²) < 4.78 is 27.4. The Morgan fingerprint density at radius 3 is 2.00 bits per heavy atom. The van der Waals surface area contributed by atoms with Gasteiger partial charge in [-0.05, 0) is 20.8 Å². The molecule has 6 nitrogen and oxygen atoms in total. The van der Waals surface area contributed by atoms with Crippen LogP contribution in [-0.4, -0.2) is 31.7 Å². The molecule has 0 fully saturated rings. The lowest BCUT2D eigenvalue weighted by Crippen LogP contribution is -2.20. The van der Waals surface area contributed by atoms with Crippen molar-refractivity contribution in [2.24, 2.45) is 5.92 Å². The van der Waals surface area contributed by atoms with Gasteiger partial charge in [-0.1, -0.05) is 0 Å². The smallest absolute Gasteiger partial charge is 0.316 e. The van der Waals surface area contributed by atoms with Crippen molar-refractivity contribution in [2.45, 2.75) is 20.8 Å². The van der Waals surface area contributed by atoms with Gasteiger partial charge in [-0.2, -0.15) is 4.21 Å². The third-order valence-corrected chi connectivity index (χ3v) is 1.25. The van der Waals surface area contributed by atoms with E-state index in [1.54, 1.807) is 13.8 Å². The molecule has 0 aliphatic rings. The Labute approximate surface area is 84.8 Å². The van der Waals surface area contributed by atoms with E-state index in [2.05, 4.69) is 4.74 Å². The highest BCUT2D eigenvalue weighted by atomic mass is 32.2. The van der Waals surface area contributed by atoms with Crippen LogP contribution in [0.2, 0.25) is 0 Å². The van der Waals surface area contributed by atoms with E-state index in [4.69, 9.17) is 13.3 Å². The summed E-state index contributed by atoms with van der Waals surface area (Å²) in [4.78, 5) is 21.3. The van der Waals surface area contributed by atoms with Gasteiger partial charge >= 0.3 is 5.97 Å². The minimum atomic E-state index is -2.61. The molecule has 0 aromatic rings. The highest BCUT2D eigenvalue weighted by Gasteiger charge is 2.17. The third kappa shape index (κ3) is 11.2. The molecule has 2 N–H and O–H groups in total. The van der Waals surface area contributed by atoms with Crippen molar-refractivity contribution >= 4 is 23.1 Å². The quantitative estimate of drug-likeness (QED) is 0.412. The molecule has 0 rings (SSSR count). The van der Waals surface area contributed by atoms with Crippen molar-refractivity contribution < 1.29 is 27.6 Å². The van der Waals surface area contributed by atoms with Gasteiger partial charge in [-0.3, -0.25) is 18.7 Å². The van der Waals surface area contributed by atoms with Gasteiger partial charge < -0.3 is 4.74 Å². The average Bonchev–Trinajstić information content (AvgIpc) is 2.02. The van der Waals surface area contributed by atoms with Crippen molar-refractivity contribution in [1.82, 2.24) is 0 Å².